The monoisotopic (exact) mass is 272 g/mol. The van der Waals surface area contributed by atoms with Crippen molar-refractivity contribution in [2.24, 2.45) is 0 Å². The van der Waals surface area contributed by atoms with E-state index in [1.807, 2.05) is 37.3 Å². The van der Waals surface area contributed by atoms with Gasteiger partial charge in [0.15, 0.2) is 0 Å². The van der Waals surface area contributed by atoms with Crippen LogP contribution in [0.15, 0.2) is 36.4 Å². The van der Waals surface area contributed by atoms with Gasteiger partial charge >= 0.3 is 0 Å². The Balaban J connectivity index is 2.36. The second-order valence-electron chi connectivity index (χ2n) is 4.19. The van der Waals surface area contributed by atoms with Crippen molar-refractivity contribution in [2.75, 3.05) is 0 Å². The predicted octanol–water partition coefficient (Wildman–Crippen LogP) is 5.11. The molecule has 1 radical (unpaired) electrons. The fourth-order valence-corrected chi connectivity index (χ4v) is 3.14. The zero-order valence-corrected chi connectivity index (χ0v) is 11.5. The topological polar surface area (TPSA) is 12.9 Å². The third-order valence-corrected chi connectivity index (χ3v) is 4.04. The molecule has 0 spiro atoms. The molecule has 0 saturated heterocycles. The Morgan fingerprint density at radius 3 is 2.83 bits per heavy atom. The molecule has 0 aliphatic heterocycles. The summed E-state index contributed by atoms with van der Waals surface area (Å²) in [6, 6.07) is 12.0. The third kappa shape index (κ3) is 1.92. The smallest absolute Gasteiger partial charge is 0.0908 e. The molecule has 3 aromatic rings. The van der Waals surface area contributed by atoms with E-state index in [1.54, 1.807) is 11.3 Å². The van der Waals surface area contributed by atoms with Gasteiger partial charge in [-0.25, -0.2) is 4.98 Å². The van der Waals surface area contributed by atoms with Crippen molar-refractivity contribution in [3.63, 3.8) is 0 Å². The van der Waals surface area contributed by atoms with Gasteiger partial charge in [-0.05, 0) is 43.2 Å². The molecule has 0 saturated carbocycles. The molecular weight excluding hydrogens is 262 g/mol. The molecule has 0 unspecified atom stereocenters. The maximum absolute atomic E-state index is 6.07. The van der Waals surface area contributed by atoms with Crippen LogP contribution in [-0.2, 0) is 0 Å². The van der Waals surface area contributed by atoms with Gasteiger partial charge in [0, 0.05) is 10.6 Å². The van der Waals surface area contributed by atoms with E-state index in [0.29, 0.717) is 0 Å². The molecule has 0 fully saturated rings. The van der Waals surface area contributed by atoms with Crippen LogP contribution in [0.2, 0.25) is 5.02 Å². The molecule has 0 aliphatic rings. The number of aromatic nitrogens is 1. The number of benzene rings is 2. The number of hydrogen-bond donors (Lipinski definition) is 0. The summed E-state index contributed by atoms with van der Waals surface area (Å²) in [7, 11) is 0. The molecule has 0 N–H and O–H groups in total. The van der Waals surface area contributed by atoms with Crippen LogP contribution in [0.5, 0.6) is 0 Å². The fourth-order valence-electron chi connectivity index (χ4n) is 2.11. The van der Waals surface area contributed by atoms with Crippen LogP contribution in [0, 0.1) is 13.8 Å². The Morgan fingerprint density at radius 1 is 1.22 bits per heavy atom. The van der Waals surface area contributed by atoms with Gasteiger partial charge in [0.2, 0.25) is 0 Å². The van der Waals surface area contributed by atoms with Crippen LogP contribution < -0.4 is 0 Å². The average molecular weight is 273 g/mol. The summed E-state index contributed by atoms with van der Waals surface area (Å²) in [4.78, 5) is 4.62. The lowest BCUT2D eigenvalue weighted by molar-refractivity contribution is 1.34. The first kappa shape index (κ1) is 11.7. The van der Waals surface area contributed by atoms with Gasteiger partial charge in [-0.2, -0.15) is 0 Å². The minimum Gasteiger partial charge on any atom is -0.241 e. The SMILES string of the molecule is [CH2]c1ccc2sc(C)nc2c1-c1cccc(Cl)c1. The van der Waals surface area contributed by atoms with Crippen molar-refractivity contribution in [1.82, 2.24) is 4.98 Å². The van der Waals surface area contributed by atoms with Crippen LogP contribution in [0.4, 0.5) is 0 Å². The van der Waals surface area contributed by atoms with Gasteiger partial charge in [0.05, 0.1) is 15.2 Å². The van der Waals surface area contributed by atoms with Gasteiger partial charge in [-0.1, -0.05) is 29.8 Å². The van der Waals surface area contributed by atoms with Crippen molar-refractivity contribution in [2.45, 2.75) is 6.92 Å². The molecule has 0 aliphatic carbocycles. The van der Waals surface area contributed by atoms with Crippen LogP contribution in [0.1, 0.15) is 10.6 Å². The minimum absolute atomic E-state index is 0.732. The molecule has 0 atom stereocenters. The number of hydrogen-bond acceptors (Lipinski definition) is 2. The maximum atomic E-state index is 6.07. The summed E-state index contributed by atoms with van der Waals surface area (Å²) in [6.07, 6.45) is 0. The number of nitrogens with zero attached hydrogens (tertiary/aromatic N) is 1. The number of fused-ring (bicyclic) bond motifs is 1. The van der Waals surface area contributed by atoms with Crippen LogP contribution >= 0.6 is 22.9 Å². The van der Waals surface area contributed by atoms with E-state index in [2.05, 4.69) is 18.0 Å². The first-order chi connectivity index (χ1) is 8.65. The standard InChI is InChI=1S/C15H11ClNS/c1-9-6-7-13-15(17-10(2)18-13)14(9)11-4-3-5-12(16)8-11/h3-8H,1H2,2H3. The summed E-state index contributed by atoms with van der Waals surface area (Å²) in [5.74, 6) is 0. The summed E-state index contributed by atoms with van der Waals surface area (Å²) < 4.78 is 1.19. The molecule has 1 heterocycles. The van der Waals surface area contributed by atoms with Gasteiger partial charge in [-0.3, -0.25) is 0 Å². The Labute approximate surface area is 115 Å². The highest BCUT2D eigenvalue weighted by atomic mass is 35.5. The molecule has 0 bridgehead atoms. The highest BCUT2D eigenvalue weighted by molar-refractivity contribution is 7.18. The Kier molecular flexibility index (Phi) is 2.84. The quantitative estimate of drug-likeness (QED) is 0.600. The molecule has 1 nitrogen and oxygen atoms in total. The van der Waals surface area contributed by atoms with E-state index in [0.717, 1.165) is 32.2 Å². The second kappa shape index (κ2) is 4.38. The highest BCUT2D eigenvalue weighted by Crippen LogP contribution is 2.34. The first-order valence-corrected chi connectivity index (χ1v) is 6.82. The molecular formula is C15H11ClNS. The minimum atomic E-state index is 0.732. The summed E-state index contributed by atoms with van der Waals surface area (Å²) in [6.45, 7) is 6.13. The maximum Gasteiger partial charge on any atom is 0.0908 e. The lowest BCUT2D eigenvalue weighted by Crippen LogP contribution is -1.85. The first-order valence-electron chi connectivity index (χ1n) is 5.63. The van der Waals surface area contributed by atoms with Gasteiger partial charge < -0.3 is 0 Å². The summed E-state index contributed by atoms with van der Waals surface area (Å²) in [5, 5.41) is 1.80. The van der Waals surface area contributed by atoms with E-state index < -0.39 is 0 Å². The Hall–Kier alpha value is -1.38. The number of thiazole rings is 1. The molecule has 89 valence electrons. The molecule has 3 heteroatoms. The highest BCUT2D eigenvalue weighted by Gasteiger charge is 2.11. The van der Waals surface area contributed by atoms with Crippen molar-refractivity contribution in [3.05, 3.63) is 58.9 Å². The molecule has 3 rings (SSSR count). The summed E-state index contributed by atoms with van der Waals surface area (Å²) in [5.41, 5.74) is 4.16. The van der Waals surface area contributed by atoms with E-state index in [9.17, 15) is 0 Å². The van der Waals surface area contributed by atoms with Crippen LogP contribution in [0.25, 0.3) is 21.3 Å². The van der Waals surface area contributed by atoms with Crippen LogP contribution in [0.3, 0.4) is 0 Å². The van der Waals surface area contributed by atoms with Gasteiger partial charge in [0.1, 0.15) is 0 Å². The van der Waals surface area contributed by atoms with E-state index in [4.69, 9.17) is 11.6 Å². The van der Waals surface area contributed by atoms with Gasteiger partial charge in [0.25, 0.3) is 0 Å². The molecule has 2 aromatic carbocycles. The summed E-state index contributed by atoms with van der Waals surface area (Å²) >= 11 is 7.77. The van der Waals surface area contributed by atoms with Gasteiger partial charge in [-0.15, -0.1) is 11.3 Å². The molecule has 18 heavy (non-hydrogen) atoms. The van der Waals surface area contributed by atoms with Crippen molar-refractivity contribution in [1.29, 1.82) is 0 Å². The zero-order chi connectivity index (χ0) is 12.7. The fraction of sp³-hybridized carbons (Fsp3) is 0.0667. The lowest BCUT2D eigenvalue weighted by atomic mass is 9.99. The lowest BCUT2D eigenvalue weighted by Gasteiger charge is -2.07. The zero-order valence-electron chi connectivity index (χ0n) is 9.90. The van der Waals surface area contributed by atoms with Crippen molar-refractivity contribution < 1.29 is 0 Å². The van der Waals surface area contributed by atoms with E-state index in [-0.39, 0.29) is 0 Å². The largest absolute Gasteiger partial charge is 0.241 e. The number of halogens is 1. The number of rotatable bonds is 1. The predicted molar refractivity (Wildman–Crippen MR) is 79.3 cm³/mol. The number of aryl methyl sites for hydroxylation is 1. The van der Waals surface area contributed by atoms with E-state index >= 15 is 0 Å². The Morgan fingerprint density at radius 2 is 2.06 bits per heavy atom. The second-order valence-corrected chi connectivity index (χ2v) is 5.86. The van der Waals surface area contributed by atoms with Crippen molar-refractivity contribution in [3.8, 4) is 11.1 Å². The van der Waals surface area contributed by atoms with Crippen molar-refractivity contribution >= 4 is 33.2 Å². The normalized spacial score (nSPS) is 11.1. The van der Waals surface area contributed by atoms with Crippen LogP contribution in [-0.4, -0.2) is 4.98 Å². The third-order valence-electron chi connectivity index (χ3n) is 2.87. The van der Waals surface area contributed by atoms with E-state index in [1.165, 1.54) is 4.70 Å². The average Bonchev–Trinajstić information content (AvgIpc) is 2.69. The molecule has 0 amide bonds. The Bertz CT molecular complexity index is 730. The molecule has 1 aromatic heterocycles.